The molecule has 1 atom stereocenters. The lowest BCUT2D eigenvalue weighted by Gasteiger charge is -2.18. The van der Waals surface area contributed by atoms with Gasteiger partial charge >= 0.3 is 5.97 Å². The molecule has 4 nitrogen and oxygen atoms in total. The molecule has 0 aliphatic rings. The van der Waals surface area contributed by atoms with E-state index in [2.05, 4.69) is 19.2 Å². The predicted octanol–water partition coefficient (Wildman–Crippen LogP) is 3.17. The van der Waals surface area contributed by atoms with Gasteiger partial charge in [-0.1, -0.05) is 32.0 Å². The smallest absolute Gasteiger partial charge is 0.303 e. The zero-order valence-corrected chi connectivity index (χ0v) is 13.3. The molecule has 0 bridgehead atoms. The number of benzene rings is 1. The second-order valence-corrected chi connectivity index (χ2v) is 6.07. The molecular formula is C17H25NO3. The molecule has 1 rings (SSSR count). The summed E-state index contributed by atoms with van der Waals surface area (Å²) >= 11 is 0. The molecule has 0 saturated carbocycles. The van der Waals surface area contributed by atoms with Crippen LogP contribution >= 0.6 is 0 Å². The van der Waals surface area contributed by atoms with Gasteiger partial charge in [0.2, 0.25) is 0 Å². The van der Waals surface area contributed by atoms with Gasteiger partial charge in [-0.05, 0) is 43.2 Å². The molecular weight excluding hydrogens is 266 g/mol. The number of carboxylic acids is 1. The molecule has 1 amide bonds. The molecule has 1 aromatic carbocycles. The van der Waals surface area contributed by atoms with Crippen molar-refractivity contribution >= 4 is 11.9 Å². The topological polar surface area (TPSA) is 66.4 Å². The molecule has 0 radical (unpaired) electrons. The molecule has 4 heteroatoms. The van der Waals surface area contributed by atoms with Gasteiger partial charge in [0.1, 0.15) is 0 Å². The molecule has 0 fully saturated rings. The Morgan fingerprint density at radius 2 is 1.76 bits per heavy atom. The summed E-state index contributed by atoms with van der Waals surface area (Å²) < 4.78 is 0. The first-order chi connectivity index (χ1) is 9.81. The van der Waals surface area contributed by atoms with Crippen LogP contribution in [0.15, 0.2) is 18.2 Å². The van der Waals surface area contributed by atoms with Gasteiger partial charge in [0.25, 0.3) is 5.91 Å². The molecule has 0 unspecified atom stereocenters. The maximum absolute atomic E-state index is 12.3. The Labute approximate surface area is 126 Å². The van der Waals surface area contributed by atoms with Crippen molar-refractivity contribution in [3.63, 3.8) is 0 Å². The summed E-state index contributed by atoms with van der Waals surface area (Å²) in [5, 5.41) is 11.8. The van der Waals surface area contributed by atoms with E-state index in [1.54, 1.807) is 0 Å². The molecule has 21 heavy (non-hydrogen) atoms. The van der Waals surface area contributed by atoms with Crippen LogP contribution in [0.5, 0.6) is 0 Å². The van der Waals surface area contributed by atoms with E-state index < -0.39 is 5.97 Å². The standard InChI is InChI=1S/C17H25NO3/c1-11(2)8-14(9-15(19)20)10-18-17(21)16-12(3)6-5-7-13(16)4/h5-7,11,14H,8-10H2,1-4H3,(H,18,21)(H,19,20)/t14-/m0/s1. The summed E-state index contributed by atoms with van der Waals surface area (Å²) in [5.41, 5.74) is 2.56. The Hall–Kier alpha value is -1.84. The van der Waals surface area contributed by atoms with Crippen LogP contribution in [0.3, 0.4) is 0 Å². The first-order valence-corrected chi connectivity index (χ1v) is 7.37. The molecule has 0 heterocycles. The van der Waals surface area contributed by atoms with E-state index in [1.165, 1.54) is 0 Å². The van der Waals surface area contributed by atoms with Crippen molar-refractivity contribution in [2.24, 2.45) is 11.8 Å². The van der Waals surface area contributed by atoms with E-state index in [0.29, 0.717) is 18.0 Å². The summed E-state index contributed by atoms with van der Waals surface area (Å²) in [7, 11) is 0. The van der Waals surface area contributed by atoms with Crippen molar-refractivity contribution in [2.75, 3.05) is 6.54 Å². The number of aliphatic carboxylic acids is 1. The fourth-order valence-electron chi connectivity index (χ4n) is 2.65. The van der Waals surface area contributed by atoms with Gasteiger partial charge in [0.05, 0.1) is 0 Å². The Morgan fingerprint density at radius 3 is 2.24 bits per heavy atom. The second kappa shape index (κ2) is 7.81. The lowest BCUT2D eigenvalue weighted by molar-refractivity contribution is -0.138. The van der Waals surface area contributed by atoms with Crippen LogP contribution in [-0.4, -0.2) is 23.5 Å². The highest BCUT2D eigenvalue weighted by molar-refractivity contribution is 5.97. The third kappa shape index (κ3) is 5.58. The van der Waals surface area contributed by atoms with Gasteiger partial charge in [-0.25, -0.2) is 0 Å². The lowest BCUT2D eigenvalue weighted by Crippen LogP contribution is -2.32. The quantitative estimate of drug-likeness (QED) is 0.811. The Morgan fingerprint density at radius 1 is 1.19 bits per heavy atom. The summed E-state index contributed by atoms with van der Waals surface area (Å²) in [6.07, 6.45) is 0.880. The highest BCUT2D eigenvalue weighted by atomic mass is 16.4. The summed E-state index contributed by atoms with van der Waals surface area (Å²) in [6.45, 7) is 8.33. The zero-order valence-electron chi connectivity index (χ0n) is 13.3. The van der Waals surface area contributed by atoms with Crippen LogP contribution in [0, 0.1) is 25.7 Å². The van der Waals surface area contributed by atoms with Crippen molar-refractivity contribution < 1.29 is 14.7 Å². The van der Waals surface area contributed by atoms with E-state index in [1.807, 2.05) is 32.0 Å². The number of carbonyl (C=O) groups is 2. The minimum atomic E-state index is -0.818. The second-order valence-electron chi connectivity index (χ2n) is 6.07. The van der Waals surface area contributed by atoms with Crippen LogP contribution in [0.25, 0.3) is 0 Å². The number of hydrogen-bond donors (Lipinski definition) is 2. The van der Waals surface area contributed by atoms with Gasteiger partial charge in [-0.15, -0.1) is 0 Å². The maximum atomic E-state index is 12.3. The third-order valence-electron chi connectivity index (χ3n) is 3.53. The average molecular weight is 291 g/mol. The number of amides is 1. The summed E-state index contributed by atoms with van der Waals surface area (Å²) in [6, 6.07) is 5.74. The van der Waals surface area contributed by atoms with Crippen molar-refractivity contribution in [1.82, 2.24) is 5.32 Å². The molecule has 0 spiro atoms. The molecule has 0 saturated heterocycles. The Kier molecular flexibility index (Phi) is 6.40. The number of aryl methyl sites for hydroxylation is 2. The van der Waals surface area contributed by atoms with E-state index in [4.69, 9.17) is 5.11 Å². The van der Waals surface area contributed by atoms with E-state index in [-0.39, 0.29) is 18.2 Å². The molecule has 0 aromatic heterocycles. The van der Waals surface area contributed by atoms with Crippen molar-refractivity contribution in [1.29, 1.82) is 0 Å². The first-order valence-electron chi connectivity index (χ1n) is 7.37. The monoisotopic (exact) mass is 291 g/mol. The number of carbonyl (C=O) groups excluding carboxylic acids is 1. The normalized spacial score (nSPS) is 12.2. The van der Waals surface area contributed by atoms with Gasteiger partial charge in [-0.2, -0.15) is 0 Å². The number of nitrogens with one attached hydrogen (secondary N) is 1. The maximum Gasteiger partial charge on any atom is 0.303 e. The van der Waals surface area contributed by atoms with Crippen LogP contribution < -0.4 is 5.32 Å². The Balaban J connectivity index is 2.70. The fraction of sp³-hybridized carbons (Fsp3) is 0.529. The Bertz CT molecular complexity index is 489. The third-order valence-corrected chi connectivity index (χ3v) is 3.53. The highest BCUT2D eigenvalue weighted by Crippen LogP contribution is 2.16. The van der Waals surface area contributed by atoms with Gasteiger partial charge in [0, 0.05) is 18.5 Å². The van der Waals surface area contributed by atoms with Crippen LogP contribution in [-0.2, 0) is 4.79 Å². The minimum absolute atomic E-state index is 0.0317. The number of carboxylic acid groups (broad SMARTS) is 1. The van der Waals surface area contributed by atoms with Crippen molar-refractivity contribution in [2.45, 2.75) is 40.5 Å². The average Bonchev–Trinajstić information content (AvgIpc) is 2.34. The van der Waals surface area contributed by atoms with E-state index in [0.717, 1.165) is 17.5 Å². The summed E-state index contributed by atoms with van der Waals surface area (Å²) in [4.78, 5) is 23.2. The van der Waals surface area contributed by atoms with Crippen molar-refractivity contribution in [3.05, 3.63) is 34.9 Å². The van der Waals surface area contributed by atoms with E-state index >= 15 is 0 Å². The van der Waals surface area contributed by atoms with Crippen LogP contribution in [0.4, 0.5) is 0 Å². The highest BCUT2D eigenvalue weighted by Gasteiger charge is 2.18. The minimum Gasteiger partial charge on any atom is -0.481 e. The largest absolute Gasteiger partial charge is 0.481 e. The van der Waals surface area contributed by atoms with Gasteiger partial charge < -0.3 is 10.4 Å². The number of rotatable bonds is 7. The molecule has 116 valence electrons. The first kappa shape index (κ1) is 17.2. The van der Waals surface area contributed by atoms with Crippen LogP contribution in [0.2, 0.25) is 0 Å². The lowest BCUT2D eigenvalue weighted by atomic mass is 9.94. The number of hydrogen-bond acceptors (Lipinski definition) is 2. The molecule has 0 aliphatic heterocycles. The zero-order chi connectivity index (χ0) is 16.0. The van der Waals surface area contributed by atoms with Crippen LogP contribution in [0.1, 0.15) is 48.2 Å². The van der Waals surface area contributed by atoms with E-state index in [9.17, 15) is 9.59 Å². The fourth-order valence-corrected chi connectivity index (χ4v) is 2.65. The molecule has 2 N–H and O–H groups in total. The van der Waals surface area contributed by atoms with Crippen molar-refractivity contribution in [3.8, 4) is 0 Å². The van der Waals surface area contributed by atoms with Gasteiger partial charge in [0.15, 0.2) is 0 Å². The summed E-state index contributed by atoms with van der Waals surface area (Å²) in [5.74, 6) is -0.561. The van der Waals surface area contributed by atoms with Gasteiger partial charge in [-0.3, -0.25) is 9.59 Å². The SMILES string of the molecule is Cc1cccc(C)c1C(=O)NC[C@H](CC(=O)O)CC(C)C. The predicted molar refractivity (Wildman–Crippen MR) is 83.4 cm³/mol. The molecule has 0 aliphatic carbocycles. The molecule has 1 aromatic rings.